The van der Waals surface area contributed by atoms with E-state index in [1.165, 1.54) is 5.56 Å². The molecular formula is C20H19NO. The molecule has 0 aromatic heterocycles. The first-order valence-corrected chi connectivity index (χ1v) is 7.86. The van der Waals surface area contributed by atoms with Crippen LogP contribution >= 0.6 is 0 Å². The second-order valence-corrected chi connectivity index (χ2v) is 6.03. The standard InChI is InChI=1S/C20H19NO/c21-13-19-3-1-2-4-20(19)18-11-9-17(10-12-18)16-7-5-15(14-22)6-8-16/h1-4,9-12,14-16H,5-8H2. The molecule has 2 aromatic carbocycles. The third-order valence-electron chi connectivity index (χ3n) is 4.70. The third-order valence-corrected chi connectivity index (χ3v) is 4.70. The Bertz CT molecular complexity index is 688. The lowest BCUT2D eigenvalue weighted by atomic mass is 9.79. The van der Waals surface area contributed by atoms with Crippen LogP contribution in [0.1, 0.15) is 42.7 Å². The van der Waals surface area contributed by atoms with Gasteiger partial charge in [0.2, 0.25) is 0 Å². The number of nitriles is 1. The van der Waals surface area contributed by atoms with Crippen LogP contribution < -0.4 is 0 Å². The van der Waals surface area contributed by atoms with Gasteiger partial charge in [0.15, 0.2) is 0 Å². The highest BCUT2D eigenvalue weighted by atomic mass is 16.1. The summed E-state index contributed by atoms with van der Waals surface area (Å²) in [6.07, 6.45) is 5.31. The molecule has 110 valence electrons. The molecule has 2 nitrogen and oxygen atoms in total. The van der Waals surface area contributed by atoms with Crippen LogP contribution in [0.5, 0.6) is 0 Å². The molecule has 2 aromatic rings. The van der Waals surface area contributed by atoms with Gasteiger partial charge in [0, 0.05) is 5.92 Å². The summed E-state index contributed by atoms with van der Waals surface area (Å²) in [5, 5.41) is 9.21. The lowest BCUT2D eigenvalue weighted by molar-refractivity contribution is -0.111. The lowest BCUT2D eigenvalue weighted by Crippen LogP contribution is -2.14. The van der Waals surface area contributed by atoms with Gasteiger partial charge in [-0.25, -0.2) is 0 Å². The number of benzene rings is 2. The molecule has 1 aliphatic carbocycles. The van der Waals surface area contributed by atoms with Crippen molar-refractivity contribution in [3.63, 3.8) is 0 Å². The summed E-state index contributed by atoms with van der Waals surface area (Å²) < 4.78 is 0. The lowest BCUT2D eigenvalue weighted by Gasteiger charge is -2.25. The Balaban J connectivity index is 1.79. The van der Waals surface area contributed by atoms with Gasteiger partial charge in [-0.05, 0) is 54.4 Å². The van der Waals surface area contributed by atoms with Gasteiger partial charge in [-0.1, -0.05) is 42.5 Å². The van der Waals surface area contributed by atoms with Gasteiger partial charge < -0.3 is 4.79 Å². The van der Waals surface area contributed by atoms with E-state index >= 15 is 0 Å². The Hall–Kier alpha value is -2.40. The van der Waals surface area contributed by atoms with Crippen LogP contribution in [0.2, 0.25) is 0 Å². The van der Waals surface area contributed by atoms with Gasteiger partial charge in [-0.3, -0.25) is 0 Å². The van der Waals surface area contributed by atoms with Crippen molar-refractivity contribution in [1.82, 2.24) is 0 Å². The molecular weight excluding hydrogens is 270 g/mol. The molecule has 3 rings (SSSR count). The number of hydrogen-bond acceptors (Lipinski definition) is 2. The predicted octanol–water partition coefficient (Wildman–Crippen LogP) is 4.70. The van der Waals surface area contributed by atoms with Crippen LogP contribution in [0.3, 0.4) is 0 Å². The van der Waals surface area contributed by atoms with Crippen LogP contribution in [0.25, 0.3) is 11.1 Å². The zero-order chi connectivity index (χ0) is 15.4. The quantitative estimate of drug-likeness (QED) is 0.768. The van der Waals surface area contributed by atoms with Gasteiger partial charge in [0.1, 0.15) is 6.29 Å². The Morgan fingerprint density at radius 1 is 0.955 bits per heavy atom. The SMILES string of the molecule is N#Cc1ccccc1-c1ccc(C2CCC(C=O)CC2)cc1. The Kier molecular flexibility index (Phi) is 4.34. The average molecular weight is 289 g/mol. The predicted molar refractivity (Wildman–Crippen MR) is 87.4 cm³/mol. The molecule has 0 saturated heterocycles. The van der Waals surface area contributed by atoms with Crippen LogP contribution in [-0.2, 0) is 4.79 Å². The van der Waals surface area contributed by atoms with Crippen molar-refractivity contribution >= 4 is 6.29 Å². The molecule has 0 unspecified atom stereocenters. The van der Waals surface area contributed by atoms with Crippen LogP contribution in [0, 0.1) is 17.2 Å². The van der Waals surface area contributed by atoms with Crippen molar-refractivity contribution in [2.45, 2.75) is 31.6 Å². The first kappa shape index (κ1) is 14.5. The van der Waals surface area contributed by atoms with E-state index in [2.05, 4.69) is 30.3 Å². The summed E-state index contributed by atoms with van der Waals surface area (Å²) in [7, 11) is 0. The summed E-state index contributed by atoms with van der Waals surface area (Å²) in [6.45, 7) is 0. The smallest absolute Gasteiger partial charge is 0.123 e. The molecule has 0 atom stereocenters. The van der Waals surface area contributed by atoms with E-state index in [4.69, 9.17) is 0 Å². The van der Waals surface area contributed by atoms with Crippen molar-refractivity contribution < 1.29 is 4.79 Å². The van der Waals surface area contributed by atoms with Crippen molar-refractivity contribution in [2.24, 2.45) is 5.92 Å². The highest BCUT2D eigenvalue weighted by Gasteiger charge is 2.21. The molecule has 22 heavy (non-hydrogen) atoms. The van der Waals surface area contributed by atoms with E-state index in [1.807, 2.05) is 24.3 Å². The van der Waals surface area contributed by atoms with E-state index in [0.29, 0.717) is 11.5 Å². The molecule has 0 radical (unpaired) electrons. The summed E-state index contributed by atoms with van der Waals surface area (Å²) in [5.74, 6) is 0.828. The summed E-state index contributed by atoms with van der Waals surface area (Å²) in [4.78, 5) is 10.8. The van der Waals surface area contributed by atoms with E-state index in [1.54, 1.807) is 0 Å². The number of carbonyl (C=O) groups is 1. The fourth-order valence-electron chi connectivity index (χ4n) is 3.36. The monoisotopic (exact) mass is 289 g/mol. The molecule has 0 N–H and O–H groups in total. The largest absolute Gasteiger partial charge is 0.303 e. The van der Waals surface area contributed by atoms with Gasteiger partial charge in [0.05, 0.1) is 11.6 Å². The molecule has 2 heteroatoms. The molecule has 1 fully saturated rings. The Morgan fingerprint density at radius 3 is 2.27 bits per heavy atom. The maximum absolute atomic E-state index is 10.8. The van der Waals surface area contributed by atoms with Gasteiger partial charge in [-0.2, -0.15) is 5.26 Å². The van der Waals surface area contributed by atoms with Gasteiger partial charge in [0.25, 0.3) is 0 Å². The molecule has 1 saturated carbocycles. The van der Waals surface area contributed by atoms with Crippen molar-refractivity contribution in [1.29, 1.82) is 5.26 Å². The topological polar surface area (TPSA) is 40.9 Å². The minimum absolute atomic E-state index is 0.262. The second-order valence-electron chi connectivity index (χ2n) is 6.03. The molecule has 0 spiro atoms. The van der Waals surface area contributed by atoms with E-state index < -0.39 is 0 Å². The zero-order valence-corrected chi connectivity index (χ0v) is 12.5. The second kappa shape index (κ2) is 6.58. The molecule has 0 amide bonds. The normalized spacial score (nSPS) is 21.0. The summed E-state index contributed by atoms with van der Waals surface area (Å²) in [6, 6.07) is 18.5. The van der Waals surface area contributed by atoms with Crippen molar-refractivity contribution in [3.8, 4) is 17.2 Å². The number of carbonyl (C=O) groups excluding carboxylic acids is 1. The van der Waals surface area contributed by atoms with Gasteiger partial charge >= 0.3 is 0 Å². The summed E-state index contributed by atoms with van der Waals surface area (Å²) in [5.41, 5.74) is 4.13. The fourth-order valence-corrected chi connectivity index (χ4v) is 3.36. The Morgan fingerprint density at radius 2 is 1.64 bits per heavy atom. The van der Waals surface area contributed by atoms with E-state index in [9.17, 15) is 10.1 Å². The minimum atomic E-state index is 0.262. The minimum Gasteiger partial charge on any atom is -0.303 e. The zero-order valence-electron chi connectivity index (χ0n) is 12.5. The fraction of sp³-hybridized carbons (Fsp3) is 0.300. The van der Waals surface area contributed by atoms with Crippen LogP contribution in [-0.4, -0.2) is 6.29 Å². The van der Waals surface area contributed by atoms with E-state index in [0.717, 1.165) is 43.1 Å². The van der Waals surface area contributed by atoms with Gasteiger partial charge in [-0.15, -0.1) is 0 Å². The number of nitrogens with zero attached hydrogens (tertiary/aromatic N) is 1. The highest BCUT2D eigenvalue weighted by molar-refractivity contribution is 5.70. The maximum atomic E-state index is 10.8. The third kappa shape index (κ3) is 2.94. The van der Waals surface area contributed by atoms with Crippen LogP contribution in [0.15, 0.2) is 48.5 Å². The van der Waals surface area contributed by atoms with Crippen molar-refractivity contribution in [2.75, 3.05) is 0 Å². The summed E-state index contributed by atoms with van der Waals surface area (Å²) >= 11 is 0. The molecule has 0 aliphatic heterocycles. The highest BCUT2D eigenvalue weighted by Crippen LogP contribution is 2.35. The molecule has 1 aliphatic rings. The first-order chi connectivity index (χ1) is 10.8. The Labute approximate surface area is 131 Å². The molecule has 0 bridgehead atoms. The molecule has 0 heterocycles. The number of hydrogen-bond donors (Lipinski definition) is 0. The number of rotatable bonds is 3. The number of aldehydes is 1. The van der Waals surface area contributed by atoms with Crippen LogP contribution in [0.4, 0.5) is 0 Å². The van der Waals surface area contributed by atoms with E-state index in [-0.39, 0.29) is 5.92 Å². The first-order valence-electron chi connectivity index (χ1n) is 7.86. The average Bonchev–Trinajstić information content (AvgIpc) is 2.62. The van der Waals surface area contributed by atoms with Crippen molar-refractivity contribution in [3.05, 3.63) is 59.7 Å². The maximum Gasteiger partial charge on any atom is 0.123 e.